The molecule has 0 spiro atoms. The van der Waals surface area contributed by atoms with Gasteiger partial charge in [-0.1, -0.05) is 0 Å². The Morgan fingerprint density at radius 1 is 1.16 bits per heavy atom. The molecule has 168 valence electrons. The lowest BCUT2D eigenvalue weighted by molar-refractivity contribution is 0.0530. The molecule has 0 aliphatic heterocycles. The summed E-state index contributed by atoms with van der Waals surface area (Å²) >= 11 is 1.68. The first-order chi connectivity index (χ1) is 15.1. The molecule has 0 unspecified atom stereocenters. The smallest absolute Gasteiger partial charge is 0.407 e. The highest BCUT2D eigenvalue weighted by Gasteiger charge is 2.17. The predicted octanol–water partition coefficient (Wildman–Crippen LogP) is 4.87. The van der Waals surface area contributed by atoms with E-state index in [0.29, 0.717) is 18.9 Å². The molecule has 0 saturated carbocycles. The van der Waals surface area contributed by atoms with Crippen LogP contribution in [0.15, 0.2) is 24.4 Å². The lowest BCUT2D eigenvalue weighted by Crippen LogP contribution is -2.35. The molecule has 0 bridgehead atoms. The van der Waals surface area contributed by atoms with E-state index in [1.54, 1.807) is 11.3 Å². The van der Waals surface area contributed by atoms with E-state index in [-0.39, 0.29) is 0 Å². The van der Waals surface area contributed by atoms with Crippen LogP contribution < -0.4 is 10.6 Å². The summed E-state index contributed by atoms with van der Waals surface area (Å²) < 4.78 is 7.39. The monoisotopic (exact) mass is 452 g/mol. The summed E-state index contributed by atoms with van der Waals surface area (Å²) in [6, 6.07) is 6.24. The molecule has 9 heteroatoms. The number of thiophene rings is 1. The minimum absolute atomic E-state index is 0.406. The zero-order chi connectivity index (χ0) is 23.0. The largest absolute Gasteiger partial charge is 0.444 e. The Balaban J connectivity index is 1.60. The number of nitrogens with one attached hydrogen (secondary N) is 2. The number of nitrogens with zero attached hydrogens (tertiary/aromatic N) is 4. The Hall–Kier alpha value is -3.20. The molecular weight excluding hydrogens is 424 g/mol. The molecule has 0 saturated heterocycles. The highest BCUT2D eigenvalue weighted by Crippen LogP contribution is 2.36. The average Bonchev–Trinajstić information content (AvgIpc) is 3.27. The fraction of sp³-hybridized carbons (Fsp3) is 0.391. The van der Waals surface area contributed by atoms with Crippen LogP contribution in [0.25, 0.3) is 26.4 Å². The van der Waals surface area contributed by atoms with E-state index >= 15 is 0 Å². The van der Waals surface area contributed by atoms with Gasteiger partial charge < -0.3 is 15.4 Å². The van der Waals surface area contributed by atoms with Crippen molar-refractivity contribution < 1.29 is 9.53 Å². The molecule has 2 N–H and O–H groups in total. The second kappa shape index (κ2) is 8.38. The molecule has 4 aromatic rings. The zero-order valence-corrected chi connectivity index (χ0v) is 20.1. The van der Waals surface area contributed by atoms with Gasteiger partial charge in [0, 0.05) is 46.8 Å². The predicted molar refractivity (Wildman–Crippen MR) is 129 cm³/mol. The summed E-state index contributed by atoms with van der Waals surface area (Å²) in [7, 11) is 0. The second-order valence-corrected chi connectivity index (χ2v) is 9.79. The number of hydrogen-bond acceptors (Lipinski definition) is 7. The van der Waals surface area contributed by atoms with Crippen LogP contribution >= 0.6 is 11.3 Å². The first-order valence-electron chi connectivity index (χ1n) is 10.6. The molecular formula is C23H28N6O2S. The number of rotatable bonds is 5. The number of fused-ring (bicyclic) bond motifs is 3. The van der Waals surface area contributed by atoms with E-state index in [1.807, 2.05) is 53.8 Å². The van der Waals surface area contributed by atoms with Crippen molar-refractivity contribution in [2.45, 2.75) is 47.1 Å². The topological polar surface area (TPSA) is 93.4 Å². The normalized spacial score (nSPS) is 11.8. The summed E-state index contributed by atoms with van der Waals surface area (Å²) in [5.41, 5.74) is 5.29. The Morgan fingerprint density at radius 2 is 1.94 bits per heavy atom. The molecule has 0 atom stereocenters. The van der Waals surface area contributed by atoms with Crippen LogP contribution in [0.3, 0.4) is 0 Å². The lowest BCUT2D eigenvalue weighted by Gasteiger charge is -2.19. The standard InChI is InChI=1S/C23H28N6O2S/c1-13-7-8-16(15(3)27-13)18-11-17-21(32-18)29-14(2)12-26-20(29)19(28-17)24-9-10-25-22(30)31-23(4,5)6/h7-8,11-12H,9-10H2,1-6H3,(H,24,28)(H,25,30). The van der Waals surface area contributed by atoms with Crippen LogP contribution in [-0.4, -0.2) is 44.1 Å². The quantitative estimate of drug-likeness (QED) is 0.420. The van der Waals surface area contributed by atoms with Crippen molar-refractivity contribution in [3.8, 4) is 10.4 Å². The third-order valence-corrected chi connectivity index (χ3v) is 6.00. The van der Waals surface area contributed by atoms with Gasteiger partial charge in [0.1, 0.15) is 15.9 Å². The van der Waals surface area contributed by atoms with Crippen molar-refractivity contribution in [3.63, 3.8) is 0 Å². The van der Waals surface area contributed by atoms with Crippen molar-refractivity contribution in [1.82, 2.24) is 24.7 Å². The number of carbonyl (C=O) groups is 1. The highest BCUT2D eigenvalue weighted by molar-refractivity contribution is 7.21. The molecule has 8 nitrogen and oxygen atoms in total. The first kappa shape index (κ1) is 22.0. The SMILES string of the molecule is Cc1ccc(-c2cc3nc(NCCNC(=O)OC(C)(C)C)c4ncc(C)n4c3s2)c(C)n1. The van der Waals surface area contributed by atoms with Crippen LogP contribution in [0, 0.1) is 20.8 Å². The molecule has 1 amide bonds. The second-order valence-electron chi connectivity index (χ2n) is 8.76. The molecule has 32 heavy (non-hydrogen) atoms. The van der Waals surface area contributed by atoms with E-state index in [4.69, 9.17) is 9.72 Å². The Labute approximate surface area is 191 Å². The molecule has 0 fully saturated rings. The van der Waals surface area contributed by atoms with Crippen molar-refractivity contribution in [2.75, 3.05) is 18.4 Å². The van der Waals surface area contributed by atoms with Crippen molar-refractivity contribution >= 4 is 39.2 Å². The van der Waals surface area contributed by atoms with Crippen LogP contribution in [-0.2, 0) is 4.74 Å². The number of alkyl carbamates (subject to hydrolysis) is 1. The van der Waals surface area contributed by atoms with Gasteiger partial charge in [0.25, 0.3) is 0 Å². The molecule has 4 aromatic heterocycles. The molecule has 0 aromatic carbocycles. The first-order valence-corrected chi connectivity index (χ1v) is 11.4. The van der Waals surface area contributed by atoms with Gasteiger partial charge in [0.2, 0.25) is 0 Å². The molecule has 0 radical (unpaired) electrons. The maximum absolute atomic E-state index is 11.8. The fourth-order valence-electron chi connectivity index (χ4n) is 3.50. The number of carbonyl (C=O) groups excluding carboxylic acids is 1. The Morgan fingerprint density at radius 3 is 2.66 bits per heavy atom. The van der Waals surface area contributed by atoms with Gasteiger partial charge in [0.15, 0.2) is 11.5 Å². The van der Waals surface area contributed by atoms with Gasteiger partial charge in [0.05, 0.1) is 0 Å². The third-order valence-electron chi connectivity index (χ3n) is 4.86. The van der Waals surface area contributed by atoms with Crippen LogP contribution in [0.5, 0.6) is 0 Å². The van der Waals surface area contributed by atoms with Gasteiger partial charge in [-0.3, -0.25) is 9.38 Å². The maximum Gasteiger partial charge on any atom is 0.407 e. The van der Waals surface area contributed by atoms with Gasteiger partial charge in [-0.05, 0) is 59.7 Å². The van der Waals surface area contributed by atoms with Crippen molar-refractivity contribution in [2.24, 2.45) is 0 Å². The average molecular weight is 453 g/mol. The fourth-order valence-corrected chi connectivity index (χ4v) is 4.74. The number of anilines is 1. The maximum atomic E-state index is 11.8. The van der Waals surface area contributed by atoms with E-state index < -0.39 is 11.7 Å². The van der Waals surface area contributed by atoms with Crippen LogP contribution in [0.2, 0.25) is 0 Å². The molecule has 0 aliphatic rings. The Kier molecular flexibility index (Phi) is 5.77. The van der Waals surface area contributed by atoms with E-state index in [9.17, 15) is 4.79 Å². The van der Waals surface area contributed by atoms with Gasteiger partial charge in [-0.25, -0.2) is 14.8 Å². The number of hydrogen-bond donors (Lipinski definition) is 2. The van der Waals surface area contributed by atoms with Gasteiger partial charge in [-0.15, -0.1) is 11.3 Å². The molecule has 0 aliphatic carbocycles. The van der Waals surface area contributed by atoms with Crippen LogP contribution in [0.1, 0.15) is 37.9 Å². The molecule has 4 rings (SSSR count). The van der Waals surface area contributed by atoms with Crippen molar-refractivity contribution in [3.05, 3.63) is 41.5 Å². The van der Waals surface area contributed by atoms with E-state index in [1.165, 1.54) is 0 Å². The number of aromatic nitrogens is 4. The highest BCUT2D eigenvalue weighted by atomic mass is 32.1. The number of ether oxygens (including phenoxy) is 1. The number of imidazole rings is 1. The number of aryl methyl sites for hydroxylation is 3. The minimum Gasteiger partial charge on any atom is -0.444 e. The Bertz CT molecular complexity index is 1300. The summed E-state index contributed by atoms with van der Waals surface area (Å²) in [6.07, 6.45) is 1.41. The lowest BCUT2D eigenvalue weighted by atomic mass is 10.1. The number of pyridine rings is 1. The van der Waals surface area contributed by atoms with Gasteiger partial charge in [-0.2, -0.15) is 0 Å². The summed E-state index contributed by atoms with van der Waals surface area (Å²) in [5.74, 6) is 0.680. The van der Waals surface area contributed by atoms with E-state index in [0.717, 1.165) is 43.5 Å². The summed E-state index contributed by atoms with van der Waals surface area (Å²) in [4.78, 5) is 28.0. The van der Waals surface area contributed by atoms with E-state index in [2.05, 4.69) is 37.1 Å². The molecule has 4 heterocycles. The zero-order valence-electron chi connectivity index (χ0n) is 19.2. The summed E-state index contributed by atoms with van der Waals surface area (Å²) in [6.45, 7) is 12.5. The number of amides is 1. The van der Waals surface area contributed by atoms with Crippen molar-refractivity contribution in [1.29, 1.82) is 0 Å². The van der Waals surface area contributed by atoms with Gasteiger partial charge >= 0.3 is 6.09 Å². The summed E-state index contributed by atoms with van der Waals surface area (Å²) in [5, 5.41) is 6.06. The van der Waals surface area contributed by atoms with Crippen LogP contribution in [0.4, 0.5) is 10.6 Å². The third kappa shape index (κ3) is 4.52. The minimum atomic E-state index is -0.522.